The minimum absolute atomic E-state index is 0.245. The smallest absolute Gasteiger partial charge is 0.339 e. The van der Waals surface area contributed by atoms with Gasteiger partial charge in [0.2, 0.25) is 0 Å². The first kappa shape index (κ1) is 21.4. The Morgan fingerprint density at radius 1 is 1.07 bits per heavy atom. The lowest BCUT2D eigenvalue weighted by Gasteiger charge is -2.28. The predicted molar refractivity (Wildman–Crippen MR) is 116 cm³/mol. The third-order valence-electron chi connectivity index (χ3n) is 4.50. The van der Waals surface area contributed by atoms with E-state index in [0.717, 1.165) is 0 Å². The van der Waals surface area contributed by atoms with Gasteiger partial charge in [0.25, 0.3) is 5.56 Å². The molecule has 1 heterocycles. The van der Waals surface area contributed by atoms with Crippen LogP contribution in [0.15, 0.2) is 47.3 Å². The molecule has 0 amide bonds. The molecular formula is C22H21Cl2NO4. The number of aliphatic carboxylic acids is 1. The van der Waals surface area contributed by atoms with E-state index in [4.69, 9.17) is 27.9 Å². The average Bonchev–Trinajstić information content (AvgIpc) is 2.64. The number of halogens is 2. The molecule has 1 aromatic heterocycles. The van der Waals surface area contributed by atoms with Gasteiger partial charge in [-0.3, -0.25) is 4.79 Å². The lowest BCUT2D eigenvalue weighted by Crippen LogP contribution is -2.32. The molecule has 1 atom stereocenters. The molecule has 1 unspecified atom stereocenters. The van der Waals surface area contributed by atoms with Crippen molar-refractivity contribution in [1.82, 2.24) is 4.57 Å². The van der Waals surface area contributed by atoms with Crippen molar-refractivity contribution in [2.24, 2.45) is 7.05 Å². The van der Waals surface area contributed by atoms with E-state index < -0.39 is 17.7 Å². The summed E-state index contributed by atoms with van der Waals surface area (Å²) in [6, 6.07) is 12.1. The molecule has 0 aliphatic heterocycles. The normalized spacial score (nSPS) is 12.9. The minimum atomic E-state index is -1.36. The number of carboxylic acids is 1. The second-order valence-corrected chi connectivity index (χ2v) is 8.56. The van der Waals surface area contributed by atoms with Gasteiger partial charge in [-0.1, -0.05) is 47.5 Å². The second-order valence-electron chi connectivity index (χ2n) is 7.75. The van der Waals surface area contributed by atoms with Gasteiger partial charge < -0.3 is 14.4 Å². The molecular weight excluding hydrogens is 413 g/mol. The van der Waals surface area contributed by atoms with Gasteiger partial charge in [-0.25, -0.2) is 4.79 Å². The molecule has 0 saturated heterocycles. The van der Waals surface area contributed by atoms with Gasteiger partial charge in [0.15, 0.2) is 6.10 Å². The van der Waals surface area contributed by atoms with E-state index in [2.05, 4.69) is 0 Å². The predicted octanol–water partition coefficient (Wildman–Crippen LogP) is 5.45. The number of hydrogen-bond donors (Lipinski definition) is 1. The number of carbonyl (C=O) groups is 1. The summed E-state index contributed by atoms with van der Waals surface area (Å²) in [5.41, 5.74) is 0.403. The third kappa shape index (κ3) is 4.17. The fourth-order valence-corrected chi connectivity index (χ4v) is 3.62. The number of rotatable bonds is 4. The maximum absolute atomic E-state index is 13.0. The fraction of sp³-hybridized carbons (Fsp3) is 0.273. The molecule has 0 fully saturated rings. The van der Waals surface area contributed by atoms with Gasteiger partial charge in [0, 0.05) is 18.0 Å². The third-order valence-corrected chi connectivity index (χ3v) is 5.24. The van der Waals surface area contributed by atoms with Crippen LogP contribution in [0.5, 0.6) is 0 Å². The molecule has 0 aliphatic rings. The van der Waals surface area contributed by atoms with Crippen molar-refractivity contribution >= 4 is 39.9 Å². The summed E-state index contributed by atoms with van der Waals surface area (Å²) >= 11 is 12.3. The Morgan fingerprint density at radius 2 is 1.69 bits per heavy atom. The molecule has 152 valence electrons. The van der Waals surface area contributed by atoms with E-state index in [0.29, 0.717) is 31.9 Å². The molecule has 3 rings (SSSR count). The van der Waals surface area contributed by atoms with Crippen LogP contribution in [0.1, 0.15) is 32.6 Å². The number of nitrogens with zero attached hydrogens (tertiary/aromatic N) is 1. The molecule has 0 spiro atoms. The fourth-order valence-electron chi connectivity index (χ4n) is 3.32. The van der Waals surface area contributed by atoms with Crippen molar-refractivity contribution in [2.45, 2.75) is 32.5 Å². The second kappa shape index (κ2) is 7.82. The van der Waals surface area contributed by atoms with E-state index in [9.17, 15) is 14.7 Å². The summed E-state index contributed by atoms with van der Waals surface area (Å²) in [6.45, 7) is 5.29. The summed E-state index contributed by atoms with van der Waals surface area (Å²) in [7, 11) is 1.55. The van der Waals surface area contributed by atoms with Crippen LogP contribution in [0.2, 0.25) is 10.0 Å². The Kier molecular flexibility index (Phi) is 5.77. The Labute approximate surface area is 178 Å². The molecule has 1 N–H and O–H groups in total. The standard InChI is InChI=1S/C22H21Cl2NO4/c1-22(2,3)29-19(21(27)28)18-17(12-9-10-15(23)16(24)11-12)13-7-5-6-8-14(13)20(26)25(18)4/h5-11,19H,1-4H3,(H,27,28). The van der Waals surface area contributed by atoms with Crippen LogP contribution >= 0.6 is 23.2 Å². The zero-order valence-electron chi connectivity index (χ0n) is 16.5. The van der Waals surface area contributed by atoms with Crippen LogP contribution in [0.4, 0.5) is 0 Å². The zero-order valence-corrected chi connectivity index (χ0v) is 18.0. The zero-order chi connectivity index (χ0) is 21.5. The Bertz CT molecular complexity index is 1160. The highest BCUT2D eigenvalue weighted by molar-refractivity contribution is 6.42. The topological polar surface area (TPSA) is 68.5 Å². The number of aromatic nitrogens is 1. The van der Waals surface area contributed by atoms with Crippen LogP contribution < -0.4 is 5.56 Å². The summed E-state index contributed by atoms with van der Waals surface area (Å²) in [5.74, 6) is -1.19. The summed E-state index contributed by atoms with van der Waals surface area (Å²) < 4.78 is 7.21. The summed E-state index contributed by atoms with van der Waals surface area (Å²) in [6.07, 6.45) is -1.36. The Hall–Kier alpha value is -2.34. The lowest BCUT2D eigenvalue weighted by atomic mass is 9.94. The highest BCUT2D eigenvalue weighted by Crippen LogP contribution is 2.38. The molecule has 29 heavy (non-hydrogen) atoms. The highest BCUT2D eigenvalue weighted by Gasteiger charge is 2.32. The van der Waals surface area contributed by atoms with E-state index in [1.807, 2.05) is 0 Å². The van der Waals surface area contributed by atoms with Gasteiger partial charge in [-0.15, -0.1) is 0 Å². The average molecular weight is 434 g/mol. The van der Waals surface area contributed by atoms with Crippen LogP contribution in [0, 0.1) is 0 Å². The van der Waals surface area contributed by atoms with Crippen molar-refractivity contribution in [2.75, 3.05) is 0 Å². The maximum atomic E-state index is 13.0. The summed E-state index contributed by atoms with van der Waals surface area (Å²) in [4.78, 5) is 25.2. The first-order valence-corrected chi connectivity index (χ1v) is 9.74. The Morgan fingerprint density at radius 3 is 2.24 bits per heavy atom. The molecule has 0 radical (unpaired) electrons. The SMILES string of the molecule is Cn1c(C(OC(C)(C)C)C(=O)O)c(-c2ccc(Cl)c(Cl)c2)c2ccccc2c1=O. The quantitative estimate of drug-likeness (QED) is 0.593. The van der Waals surface area contributed by atoms with Gasteiger partial charge in [-0.2, -0.15) is 0 Å². The minimum Gasteiger partial charge on any atom is -0.479 e. The number of hydrogen-bond acceptors (Lipinski definition) is 3. The van der Waals surface area contributed by atoms with E-state index in [1.54, 1.807) is 70.3 Å². The van der Waals surface area contributed by atoms with Crippen molar-refractivity contribution in [3.8, 4) is 11.1 Å². The van der Waals surface area contributed by atoms with Gasteiger partial charge >= 0.3 is 5.97 Å². The molecule has 5 nitrogen and oxygen atoms in total. The number of ether oxygens (including phenoxy) is 1. The largest absolute Gasteiger partial charge is 0.479 e. The first-order valence-electron chi connectivity index (χ1n) is 8.99. The maximum Gasteiger partial charge on any atom is 0.339 e. The number of carboxylic acid groups (broad SMARTS) is 1. The van der Waals surface area contributed by atoms with Crippen molar-refractivity contribution in [3.63, 3.8) is 0 Å². The van der Waals surface area contributed by atoms with Crippen LogP contribution in [-0.4, -0.2) is 21.2 Å². The van der Waals surface area contributed by atoms with Crippen molar-refractivity contribution in [1.29, 1.82) is 0 Å². The molecule has 3 aromatic rings. The highest BCUT2D eigenvalue weighted by atomic mass is 35.5. The van der Waals surface area contributed by atoms with Crippen molar-refractivity contribution in [3.05, 3.63) is 68.6 Å². The van der Waals surface area contributed by atoms with E-state index >= 15 is 0 Å². The van der Waals surface area contributed by atoms with Crippen molar-refractivity contribution < 1.29 is 14.6 Å². The summed E-state index contributed by atoms with van der Waals surface area (Å²) in [5, 5.41) is 11.8. The molecule has 2 aromatic carbocycles. The van der Waals surface area contributed by atoms with E-state index in [1.165, 1.54) is 4.57 Å². The Balaban J connectivity index is 2.48. The lowest BCUT2D eigenvalue weighted by molar-refractivity contribution is -0.161. The number of pyridine rings is 1. The first-order chi connectivity index (χ1) is 13.5. The van der Waals surface area contributed by atoms with Gasteiger partial charge in [0.1, 0.15) is 0 Å². The van der Waals surface area contributed by atoms with Crippen LogP contribution in [0.25, 0.3) is 21.9 Å². The van der Waals surface area contributed by atoms with Crippen LogP contribution in [-0.2, 0) is 16.6 Å². The number of benzene rings is 2. The molecule has 0 bridgehead atoms. The van der Waals surface area contributed by atoms with Gasteiger partial charge in [0.05, 0.1) is 21.3 Å². The molecule has 0 saturated carbocycles. The monoisotopic (exact) mass is 433 g/mol. The molecule has 7 heteroatoms. The molecule has 0 aliphatic carbocycles. The van der Waals surface area contributed by atoms with Gasteiger partial charge in [-0.05, 0) is 49.9 Å². The van der Waals surface area contributed by atoms with Crippen LogP contribution in [0.3, 0.4) is 0 Å². The van der Waals surface area contributed by atoms with E-state index in [-0.39, 0.29) is 11.3 Å². The number of fused-ring (bicyclic) bond motifs is 1.